The van der Waals surface area contributed by atoms with Gasteiger partial charge in [0.05, 0.1) is 41.7 Å². The van der Waals surface area contributed by atoms with Crippen LogP contribution in [0.4, 0.5) is 10.6 Å². The van der Waals surface area contributed by atoms with Gasteiger partial charge in [-0.1, -0.05) is 0 Å². The van der Waals surface area contributed by atoms with E-state index in [0.29, 0.717) is 42.8 Å². The lowest BCUT2D eigenvalue weighted by Crippen LogP contribution is -2.70. The van der Waals surface area contributed by atoms with Gasteiger partial charge in [0.2, 0.25) is 0 Å². The highest BCUT2D eigenvalue weighted by molar-refractivity contribution is 5.85. The summed E-state index contributed by atoms with van der Waals surface area (Å²) in [7, 11) is 0. The first-order valence-electron chi connectivity index (χ1n) is 12.7. The fourth-order valence-electron chi connectivity index (χ4n) is 5.43. The van der Waals surface area contributed by atoms with Crippen molar-refractivity contribution in [3.05, 3.63) is 42.4 Å². The molecule has 4 aliphatic rings. The van der Waals surface area contributed by atoms with Crippen molar-refractivity contribution in [3.8, 4) is 22.9 Å². The van der Waals surface area contributed by atoms with Gasteiger partial charge in [0.25, 0.3) is 0 Å². The second-order valence-corrected chi connectivity index (χ2v) is 11.2. The number of pyridine rings is 2. The second-order valence-electron chi connectivity index (χ2n) is 11.2. The van der Waals surface area contributed by atoms with E-state index in [1.165, 1.54) is 0 Å². The van der Waals surface area contributed by atoms with Gasteiger partial charge in [-0.15, -0.1) is 0 Å². The Morgan fingerprint density at radius 1 is 1.16 bits per heavy atom. The van der Waals surface area contributed by atoms with Crippen LogP contribution in [0.5, 0.6) is 5.75 Å². The fraction of sp³-hybridized carbons (Fsp3) is 0.481. The summed E-state index contributed by atoms with van der Waals surface area (Å²) >= 11 is 0. The van der Waals surface area contributed by atoms with Crippen molar-refractivity contribution < 1.29 is 19.4 Å². The van der Waals surface area contributed by atoms with E-state index in [4.69, 9.17) is 14.5 Å². The molecule has 3 saturated heterocycles. The highest BCUT2D eigenvalue weighted by atomic mass is 16.6. The van der Waals surface area contributed by atoms with Gasteiger partial charge in [-0.3, -0.25) is 4.90 Å². The Bertz CT molecular complexity index is 1370. The molecule has 192 valence electrons. The molecule has 3 aromatic heterocycles. The molecule has 2 atom stereocenters. The van der Waals surface area contributed by atoms with E-state index >= 15 is 0 Å². The molecule has 0 radical (unpaired) electrons. The number of hydrogen-bond donors (Lipinski definition) is 1. The molecular formula is C27H30N6O4. The molecule has 10 nitrogen and oxygen atoms in total. The number of rotatable bonds is 4. The Balaban J connectivity index is 1.22. The van der Waals surface area contributed by atoms with Gasteiger partial charge in [0, 0.05) is 43.3 Å². The third-order valence-electron chi connectivity index (χ3n) is 7.26. The number of carbonyl (C=O) groups excluding carboxylic acids is 1. The molecule has 1 amide bonds. The third-order valence-corrected chi connectivity index (χ3v) is 7.26. The first-order valence-corrected chi connectivity index (χ1v) is 12.7. The molecule has 0 aromatic carbocycles. The average molecular weight is 503 g/mol. The number of carbonyl (C=O) groups is 1. The smallest absolute Gasteiger partial charge is 0.410 e. The molecule has 3 aromatic rings. The Labute approximate surface area is 215 Å². The van der Waals surface area contributed by atoms with E-state index in [1.54, 1.807) is 16.9 Å². The number of nitriles is 1. The standard InChI is InChI=1S/C27H30N6O4/c1-27(2,3)37-26(35)33-18-6-19(33)14-31(13-18)24-5-4-16(11-29-24)23-9-22(36-21-7-20(34)8-21)15-32-25(23)17(10-28)12-30-32/h4-5,9,11-12,15,18-21,34H,6-8,13-14H2,1-3H3. The van der Waals surface area contributed by atoms with Crippen molar-refractivity contribution in [1.82, 2.24) is 19.5 Å². The number of piperazine rings is 1. The number of aliphatic hydroxyl groups excluding tert-OH is 1. The molecule has 1 N–H and O–H groups in total. The molecule has 37 heavy (non-hydrogen) atoms. The van der Waals surface area contributed by atoms with Gasteiger partial charge in [0.15, 0.2) is 0 Å². The monoisotopic (exact) mass is 502 g/mol. The summed E-state index contributed by atoms with van der Waals surface area (Å²) in [6.07, 6.45) is 6.74. The van der Waals surface area contributed by atoms with Crippen molar-refractivity contribution in [3.63, 3.8) is 0 Å². The molecular weight excluding hydrogens is 472 g/mol. The number of aromatic nitrogens is 3. The van der Waals surface area contributed by atoms with Crippen LogP contribution in [0.2, 0.25) is 0 Å². The molecule has 2 bridgehead atoms. The van der Waals surface area contributed by atoms with E-state index in [2.05, 4.69) is 16.1 Å². The van der Waals surface area contributed by atoms with E-state index in [0.717, 1.165) is 23.4 Å². The van der Waals surface area contributed by atoms with Gasteiger partial charge in [-0.05, 0) is 45.4 Å². The first-order chi connectivity index (χ1) is 17.7. The van der Waals surface area contributed by atoms with E-state index < -0.39 is 5.60 Å². The van der Waals surface area contributed by atoms with E-state index in [-0.39, 0.29) is 30.4 Å². The number of piperidine rings is 1. The van der Waals surface area contributed by atoms with Crippen molar-refractivity contribution in [2.45, 2.75) is 69.9 Å². The molecule has 10 heteroatoms. The zero-order chi connectivity index (χ0) is 25.9. The number of amides is 1. The fourth-order valence-corrected chi connectivity index (χ4v) is 5.43. The summed E-state index contributed by atoms with van der Waals surface area (Å²) in [5, 5.41) is 23.6. The molecule has 7 rings (SSSR count). The zero-order valence-electron chi connectivity index (χ0n) is 21.2. The lowest BCUT2D eigenvalue weighted by Gasteiger charge is -2.56. The topological polar surface area (TPSA) is 116 Å². The SMILES string of the molecule is CC(C)(C)OC(=O)N1C2CC1CN(c1ccc(-c3cc(OC4CC(O)C4)cn4ncc(C#N)c34)cn1)C2. The number of nitrogens with zero attached hydrogens (tertiary/aromatic N) is 6. The van der Waals surface area contributed by atoms with Gasteiger partial charge in [0.1, 0.15) is 29.3 Å². The first kappa shape index (κ1) is 23.6. The zero-order valence-corrected chi connectivity index (χ0v) is 21.2. The van der Waals surface area contributed by atoms with Crippen LogP contribution < -0.4 is 9.64 Å². The Morgan fingerprint density at radius 2 is 1.92 bits per heavy atom. The molecule has 0 spiro atoms. The largest absolute Gasteiger partial charge is 0.489 e. The number of hydrogen-bond acceptors (Lipinski definition) is 8. The number of aliphatic hydroxyl groups is 1. The molecule has 1 saturated carbocycles. The Kier molecular flexibility index (Phi) is 5.49. The minimum Gasteiger partial charge on any atom is -0.489 e. The highest BCUT2D eigenvalue weighted by Crippen LogP contribution is 2.37. The van der Waals surface area contributed by atoms with Crippen molar-refractivity contribution in [2.75, 3.05) is 18.0 Å². The summed E-state index contributed by atoms with van der Waals surface area (Å²) in [6, 6.07) is 8.35. The van der Waals surface area contributed by atoms with Crippen molar-refractivity contribution >= 4 is 17.4 Å². The van der Waals surface area contributed by atoms with Crippen LogP contribution in [0, 0.1) is 11.3 Å². The third kappa shape index (κ3) is 4.33. The van der Waals surface area contributed by atoms with Crippen LogP contribution in [-0.2, 0) is 4.74 Å². The lowest BCUT2D eigenvalue weighted by atomic mass is 9.88. The van der Waals surface area contributed by atoms with Crippen molar-refractivity contribution in [2.24, 2.45) is 0 Å². The van der Waals surface area contributed by atoms with Crippen LogP contribution >= 0.6 is 0 Å². The maximum Gasteiger partial charge on any atom is 0.410 e. The van der Waals surface area contributed by atoms with Gasteiger partial charge < -0.3 is 19.5 Å². The number of fused-ring (bicyclic) bond motifs is 3. The van der Waals surface area contributed by atoms with Gasteiger partial charge in [-0.2, -0.15) is 10.4 Å². The summed E-state index contributed by atoms with van der Waals surface area (Å²) in [5.41, 5.74) is 2.32. The van der Waals surface area contributed by atoms with E-state index in [1.807, 2.05) is 50.1 Å². The number of anilines is 1. The van der Waals surface area contributed by atoms with E-state index in [9.17, 15) is 15.2 Å². The minimum absolute atomic E-state index is 0.0300. The predicted octanol–water partition coefficient (Wildman–Crippen LogP) is 3.37. The lowest BCUT2D eigenvalue weighted by molar-refractivity contribution is -0.0380. The van der Waals surface area contributed by atoms with Crippen LogP contribution in [0.1, 0.15) is 45.6 Å². The summed E-state index contributed by atoms with van der Waals surface area (Å²) in [6.45, 7) is 7.08. The number of ether oxygens (including phenoxy) is 2. The minimum atomic E-state index is -0.508. The van der Waals surface area contributed by atoms with Gasteiger partial charge in [-0.25, -0.2) is 14.3 Å². The molecule has 1 aliphatic carbocycles. The predicted molar refractivity (Wildman–Crippen MR) is 135 cm³/mol. The summed E-state index contributed by atoms with van der Waals surface area (Å²) in [4.78, 5) is 21.4. The Morgan fingerprint density at radius 3 is 2.54 bits per heavy atom. The normalized spacial score (nSPS) is 24.7. The summed E-state index contributed by atoms with van der Waals surface area (Å²) in [5.74, 6) is 1.48. The average Bonchev–Trinajstić information content (AvgIpc) is 3.24. The van der Waals surface area contributed by atoms with Crippen LogP contribution in [0.25, 0.3) is 16.6 Å². The van der Waals surface area contributed by atoms with Gasteiger partial charge >= 0.3 is 6.09 Å². The molecule has 4 fully saturated rings. The maximum absolute atomic E-state index is 12.6. The van der Waals surface area contributed by atoms with Crippen molar-refractivity contribution in [1.29, 1.82) is 5.26 Å². The Hall–Kier alpha value is -3.84. The van der Waals surface area contributed by atoms with Crippen LogP contribution in [-0.4, -0.2) is 73.7 Å². The molecule has 3 aliphatic heterocycles. The summed E-state index contributed by atoms with van der Waals surface area (Å²) < 4.78 is 13.3. The second kappa shape index (κ2) is 8.63. The highest BCUT2D eigenvalue weighted by Gasteiger charge is 2.49. The maximum atomic E-state index is 12.6. The van der Waals surface area contributed by atoms with Crippen LogP contribution in [0.3, 0.4) is 0 Å². The quantitative estimate of drug-likeness (QED) is 0.577. The molecule has 2 unspecified atom stereocenters. The van der Waals surface area contributed by atoms with Crippen LogP contribution in [0.15, 0.2) is 36.8 Å². The molecule has 6 heterocycles.